The van der Waals surface area contributed by atoms with E-state index in [4.69, 9.17) is 10.6 Å². The standard InChI is InChI=1S/C17H25N5O2S/c1-4-5-12(2)19-16(23)11-25-17-21-20-15(22(17)18)10-13-6-8-14(24-3)9-7-13/h6-9,12H,4-5,10-11,18H2,1-3H3,(H,19,23)/t12-/m1/s1. The van der Waals surface area contributed by atoms with Crippen LogP contribution in [0.5, 0.6) is 5.75 Å². The summed E-state index contributed by atoms with van der Waals surface area (Å²) in [6.07, 6.45) is 2.57. The number of aromatic nitrogens is 3. The van der Waals surface area contributed by atoms with Crippen LogP contribution in [0.25, 0.3) is 0 Å². The number of nitrogens with zero attached hydrogens (tertiary/aromatic N) is 3. The summed E-state index contributed by atoms with van der Waals surface area (Å²) < 4.78 is 6.59. The highest BCUT2D eigenvalue weighted by Crippen LogP contribution is 2.17. The van der Waals surface area contributed by atoms with Gasteiger partial charge < -0.3 is 15.9 Å². The van der Waals surface area contributed by atoms with Crippen molar-refractivity contribution in [3.05, 3.63) is 35.7 Å². The Labute approximate surface area is 152 Å². The fraction of sp³-hybridized carbons (Fsp3) is 0.471. The molecule has 0 aliphatic heterocycles. The topological polar surface area (TPSA) is 95.1 Å². The predicted molar refractivity (Wildman–Crippen MR) is 99.2 cm³/mol. The highest BCUT2D eigenvalue weighted by atomic mass is 32.2. The number of hydrogen-bond donors (Lipinski definition) is 2. The van der Waals surface area contributed by atoms with E-state index in [2.05, 4.69) is 22.4 Å². The van der Waals surface area contributed by atoms with Gasteiger partial charge in [0.05, 0.1) is 12.9 Å². The first-order chi connectivity index (χ1) is 12.0. The number of methoxy groups -OCH3 is 1. The Bertz CT molecular complexity index is 687. The first-order valence-electron chi connectivity index (χ1n) is 8.28. The molecule has 0 bridgehead atoms. The zero-order valence-corrected chi connectivity index (χ0v) is 15.7. The molecule has 0 aliphatic rings. The van der Waals surface area contributed by atoms with Gasteiger partial charge in [-0.1, -0.05) is 37.2 Å². The van der Waals surface area contributed by atoms with E-state index < -0.39 is 0 Å². The van der Waals surface area contributed by atoms with Crippen molar-refractivity contribution in [2.24, 2.45) is 0 Å². The van der Waals surface area contributed by atoms with Crippen molar-refractivity contribution in [1.29, 1.82) is 0 Å². The second kappa shape index (κ2) is 9.31. The number of carbonyl (C=O) groups excluding carboxylic acids is 1. The summed E-state index contributed by atoms with van der Waals surface area (Å²) in [5, 5.41) is 11.7. The molecule has 1 amide bonds. The van der Waals surface area contributed by atoms with Gasteiger partial charge in [-0.25, -0.2) is 4.68 Å². The van der Waals surface area contributed by atoms with Crippen LogP contribution < -0.4 is 15.9 Å². The molecule has 1 aromatic heterocycles. The van der Waals surface area contributed by atoms with Gasteiger partial charge in [0.2, 0.25) is 11.1 Å². The Morgan fingerprint density at radius 2 is 2.08 bits per heavy atom. The molecule has 0 radical (unpaired) electrons. The molecule has 1 heterocycles. The van der Waals surface area contributed by atoms with E-state index >= 15 is 0 Å². The Hall–Kier alpha value is -2.22. The summed E-state index contributed by atoms with van der Waals surface area (Å²) in [6.45, 7) is 4.10. The van der Waals surface area contributed by atoms with Crippen LogP contribution in [0.15, 0.2) is 29.4 Å². The molecule has 1 aromatic carbocycles. The molecule has 0 aliphatic carbocycles. The van der Waals surface area contributed by atoms with Crippen LogP contribution >= 0.6 is 11.8 Å². The van der Waals surface area contributed by atoms with Crippen LogP contribution in [-0.4, -0.2) is 39.7 Å². The highest BCUT2D eigenvalue weighted by molar-refractivity contribution is 7.99. The Kier molecular flexibility index (Phi) is 7.12. The number of carbonyl (C=O) groups is 1. The summed E-state index contributed by atoms with van der Waals surface area (Å²) >= 11 is 1.28. The molecule has 0 unspecified atom stereocenters. The van der Waals surface area contributed by atoms with E-state index in [1.165, 1.54) is 16.4 Å². The molecule has 2 rings (SSSR count). The van der Waals surface area contributed by atoms with E-state index in [9.17, 15) is 4.79 Å². The summed E-state index contributed by atoms with van der Waals surface area (Å²) in [5.41, 5.74) is 1.06. The van der Waals surface area contributed by atoms with E-state index in [1.54, 1.807) is 7.11 Å². The lowest BCUT2D eigenvalue weighted by Gasteiger charge is -2.12. The minimum absolute atomic E-state index is 0.0225. The largest absolute Gasteiger partial charge is 0.497 e. The first kappa shape index (κ1) is 19.1. The molecule has 0 fully saturated rings. The Morgan fingerprint density at radius 3 is 2.72 bits per heavy atom. The third-order valence-corrected chi connectivity index (χ3v) is 4.66. The van der Waals surface area contributed by atoms with Crippen molar-refractivity contribution >= 4 is 17.7 Å². The summed E-state index contributed by atoms with van der Waals surface area (Å²) in [7, 11) is 1.63. The van der Waals surface area contributed by atoms with Gasteiger partial charge in [-0.3, -0.25) is 4.79 Å². The summed E-state index contributed by atoms with van der Waals surface area (Å²) in [5.74, 6) is 7.75. The number of nitrogens with two attached hydrogens (primary N) is 1. The predicted octanol–water partition coefficient (Wildman–Crippen LogP) is 1.99. The van der Waals surface area contributed by atoms with E-state index in [-0.39, 0.29) is 17.7 Å². The molecular formula is C17H25N5O2S. The van der Waals surface area contributed by atoms with E-state index in [0.29, 0.717) is 17.4 Å². The number of ether oxygens (including phenoxy) is 1. The van der Waals surface area contributed by atoms with Gasteiger partial charge in [-0.15, -0.1) is 10.2 Å². The lowest BCUT2D eigenvalue weighted by atomic mass is 10.1. The fourth-order valence-corrected chi connectivity index (χ4v) is 3.09. The third kappa shape index (κ3) is 5.67. The minimum atomic E-state index is -0.0225. The van der Waals surface area contributed by atoms with Crippen molar-refractivity contribution in [1.82, 2.24) is 20.2 Å². The molecule has 7 nitrogen and oxygen atoms in total. The van der Waals surface area contributed by atoms with Gasteiger partial charge in [0, 0.05) is 12.5 Å². The quantitative estimate of drug-likeness (QED) is 0.523. The normalized spacial score (nSPS) is 12.0. The molecule has 136 valence electrons. The monoisotopic (exact) mass is 363 g/mol. The maximum absolute atomic E-state index is 11.9. The van der Waals surface area contributed by atoms with Gasteiger partial charge in [-0.05, 0) is 31.0 Å². The van der Waals surface area contributed by atoms with E-state index in [0.717, 1.165) is 24.2 Å². The lowest BCUT2D eigenvalue weighted by molar-refractivity contribution is -0.119. The smallest absolute Gasteiger partial charge is 0.230 e. The van der Waals surface area contributed by atoms with Crippen LogP contribution in [0.4, 0.5) is 0 Å². The van der Waals surface area contributed by atoms with Gasteiger partial charge >= 0.3 is 0 Å². The van der Waals surface area contributed by atoms with Gasteiger partial charge in [0.1, 0.15) is 5.75 Å². The molecule has 0 saturated heterocycles. The van der Waals surface area contributed by atoms with Gasteiger partial charge in [0.15, 0.2) is 5.82 Å². The maximum atomic E-state index is 11.9. The second-order valence-electron chi connectivity index (χ2n) is 5.84. The maximum Gasteiger partial charge on any atom is 0.230 e. The van der Waals surface area contributed by atoms with E-state index in [1.807, 2.05) is 31.2 Å². The van der Waals surface area contributed by atoms with Crippen molar-refractivity contribution in [2.45, 2.75) is 44.3 Å². The number of benzene rings is 1. The van der Waals surface area contributed by atoms with Crippen molar-refractivity contribution in [2.75, 3.05) is 18.7 Å². The Morgan fingerprint density at radius 1 is 1.36 bits per heavy atom. The van der Waals surface area contributed by atoms with Crippen LogP contribution in [0, 0.1) is 0 Å². The zero-order chi connectivity index (χ0) is 18.2. The molecule has 8 heteroatoms. The molecule has 2 aromatic rings. The molecule has 25 heavy (non-hydrogen) atoms. The van der Waals surface area contributed by atoms with Crippen molar-refractivity contribution in [3.8, 4) is 5.75 Å². The van der Waals surface area contributed by atoms with Gasteiger partial charge in [0.25, 0.3) is 0 Å². The third-order valence-electron chi connectivity index (χ3n) is 3.72. The number of thioether (sulfide) groups is 1. The molecule has 1 atom stereocenters. The summed E-state index contributed by atoms with van der Waals surface area (Å²) in [4.78, 5) is 11.9. The number of hydrogen-bond acceptors (Lipinski definition) is 6. The van der Waals surface area contributed by atoms with Crippen LogP contribution in [0.3, 0.4) is 0 Å². The molecular weight excluding hydrogens is 338 g/mol. The van der Waals surface area contributed by atoms with Crippen LogP contribution in [0.2, 0.25) is 0 Å². The SMILES string of the molecule is CCC[C@@H](C)NC(=O)CSc1nnc(Cc2ccc(OC)cc2)n1N. The average Bonchev–Trinajstić information content (AvgIpc) is 2.94. The lowest BCUT2D eigenvalue weighted by Crippen LogP contribution is -2.33. The van der Waals surface area contributed by atoms with Crippen molar-refractivity contribution < 1.29 is 9.53 Å². The van der Waals surface area contributed by atoms with Crippen LogP contribution in [0.1, 0.15) is 38.1 Å². The number of nitrogens with one attached hydrogen (secondary N) is 1. The molecule has 0 saturated carbocycles. The minimum Gasteiger partial charge on any atom is -0.497 e. The van der Waals surface area contributed by atoms with Crippen molar-refractivity contribution in [3.63, 3.8) is 0 Å². The molecule has 0 spiro atoms. The van der Waals surface area contributed by atoms with Gasteiger partial charge in [-0.2, -0.15) is 0 Å². The number of rotatable bonds is 9. The Balaban J connectivity index is 1.90. The van der Waals surface area contributed by atoms with Crippen LogP contribution in [-0.2, 0) is 11.2 Å². The second-order valence-corrected chi connectivity index (χ2v) is 6.78. The number of nitrogen functional groups attached to an aromatic ring is 1. The highest BCUT2D eigenvalue weighted by Gasteiger charge is 2.13. The summed E-state index contributed by atoms with van der Waals surface area (Å²) in [6, 6.07) is 7.89. The number of amides is 1. The first-order valence-corrected chi connectivity index (χ1v) is 9.26. The fourth-order valence-electron chi connectivity index (χ4n) is 2.40. The zero-order valence-electron chi connectivity index (χ0n) is 14.9. The molecule has 3 N–H and O–H groups in total. The average molecular weight is 363 g/mol.